The second kappa shape index (κ2) is 8.26. The van der Waals surface area contributed by atoms with Crippen molar-refractivity contribution in [3.63, 3.8) is 0 Å². The fourth-order valence-corrected chi connectivity index (χ4v) is 3.26. The van der Waals surface area contributed by atoms with Crippen LogP contribution < -0.4 is 9.62 Å². The number of benzene rings is 2. The lowest BCUT2D eigenvalue weighted by atomic mass is 10.1. The summed E-state index contributed by atoms with van der Waals surface area (Å²) in [5.41, 5.74) is 0.869. The molecule has 0 aliphatic rings. The number of sulfonamides is 1. The first kappa shape index (κ1) is 20.5. The summed E-state index contributed by atoms with van der Waals surface area (Å²) in [6.07, 6.45) is 0.702. The Morgan fingerprint density at radius 3 is 2.19 bits per heavy atom. The molecule has 0 saturated heterocycles. The van der Waals surface area contributed by atoms with Crippen LogP contribution in [0.5, 0.6) is 0 Å². The lowest BCUT2D eigenvalue weighted by Crippen LogP contribution is -2.33. The van der Waals surface area contributed by atoms with Crippen LogP contribution in [0, 0.1) is 11.6 Å². The van der Waals surface area contributed by atoms with Crippen molar-refractivity contribution < 1.29 is 26.8 Å². The van der Waals surface area contributed by atoms with Crippen LogP contribution in [-0.4, -0.2) is 32.9 Å². The summed E-state index contributed by atoms with van der Waals surface area (Å²) in [6, 6.07) is 8.92. The summed E-state index contributed by atoms with van der Waals surface area (Å²) < 4.78 is 51.2. The maximum atomic E-state index is 13.4. The second-order valence-electron chi connectivity index (χ2n) is 5.87. The van der Waals surface area contributed by atoms with Crippen molar-refractivity contribution in [3.8, 4) is 0 Å². The van der Waals surface area contributed by atoms with Crippen LogP contribution in [0.3, 0.4) is 0 Å². The van der Waals surface area contributed by atoms with Crippen LogP contribution >= 0.6 is 0 Å². The molecule has 27 heavy (non-hydrogen) atoms. The topological polar surface area (TPSA) is 83.6 Å². The van der Waals surface area contributed by atoms with Crippen LogP contribution in [0.1, 0.15) is 23.7 Å². The van der Waals surface area contributed by atoms with Crippen molar-refractivity contribution in [2.75, 3.05) is 22.4 Å². The third-order valence-corrected chi connectivity index (χ3v) is 4.90. The second-order valence-corrected chi connectivity index (χ2v) is 7.77. The van der Waals surface area contributed by atoms with Gasteiger partial charge in [-0.2, -0.15) is 0 Å². The van der Waals surface area contributed by atoms with Gasteiger partial charge in [0.2, 0.25) is 15.9 Å². The van der Waals surface area contributed by atoms with E-state index in [9.17, 15) is 26.8 Å². The summed E-state index contributed by atoms with van der Waals surface area (Å²) in [6.45, 7) is 1.17. The van der Waals surface area contributed by atoms with Crippen molar-refractivity contribution in [3.05, 3.63) is 59.7 Å². The Bertz CT molecular complexity index is 960. The van der Waals surface area contributed by atoms with E-state index in [2.05, 4.69) is 5.32 Å². The van der Waals surface area contributed by atoms with Gasteiger partial charge in [-0.15, -0.1) is 0 Å². The summed E-state index contributed by atoms with van der Waals surface area (Å²) in [4.78, 5) is 23.3. The predicted octanol–water partition coefficient (Wildman–Crippen LogP) is 2.96. The van der Waals surface area contributed by atoms with Crippen molar-refractivity contribution in [2.45, 2.75) is 13.3 Å². The summed E-state index contributed by atoms with van der Waals surface area (Å²) >= 11 is 0. The van der Waals surface area contributed by atoms with E-state index in [1.54, 1.807) is 24.3 Å². The number of carbonyl (C=O) groups is 2. The van der Waals surface area contributed by atoms with Crippen LogP contribution in [0.2, 0.25) is 0 Å². The number of Topliss-reactive ketones (excluding diaryl/α,β-unsaturated/α-hetero) is 1. The summed E-state index contributed by atoms with van der Waals surface area (Å²) in [5, 5.41) is 2.58. The average molecular weight is 396 g/mol. The Hall–Kier alpha value is -2.81. The third-order valence-electron chi connectivity index (χ3n) is 3.71. The monoisotopic (exact) mass is 396 g/mol. The number of anilines is 2. The maximum Gasteiger partial charge on any atom is 0.232 e. The summed E-state index contributed by atoms with van der Waals surface area (Å²) in [5.74, 6) is -2.86. The van der Waals surface area contributed by atoms with E-state index in [0.29, 0.717) is 11.3 Å². The van der Waals surface area contributed by atoms with E-state index in [0.717, 1.165) is 28.8 Å². The van der Waals surface area contributed by atoms with Gasteiger partial charge in [-0.3, -0.25) is 13.9 Å². The van der Waals surface area contributed by atoms with E-state index in [4.69, 9.17) is 0 Å². The van der Waals surface area contributed by atoms with Crippen LogP contribution in [-0.2, 0) is 14.8 Å². The highest BCUT2D eigenvalue weighted by Crippen LogP contribution is 2.21. The molecule has 0 aliphatic heterocycles. The molecule has 0 atom stereocenters. The van der Waals surface area contributed by atoms with Crippen molar-refractivity contribution in [1.29, 1.82) is 0 Å². The number of rotatable bonds is 7. The Morgan fingerprint density at radius 1 is 1.04 bits per heavy atom. The average Bonchev–Trinajstić information content (AvgIpc) is 2.57. The third kappa shape index (κ3) is 5.58. The molecule has 2 aromatic carbocycles. The number of halogens is 2. The molecular weight excluding hydrogens is 378 g/mol. The van der Waals surface area contributed by atoms with Gasteiger partial charge in [-0.25, -0.2) is 17.2 Å². The minimum Gasteiger partial charge on any atom is -0.326 e. The van der Waals surface area contributed by atoms with E-state index in [1.165, 1.54) is 6.92 Å². The van der Waals surface area contributed by atoms with E-state index in [-0.39, 0.29) is 24.4 Å². The van der Waals surface area contributed by atoms with Gasteiger partial charge in [-0.1, -0.05) is 0 Å². The van der Waals surface area contributed by atoms with Gasteiger partial charge in [0.05, 0.1) is 11.9 Å². The Labute approximate surface area is 155 Å². The number of ketones is 1. The molecule has 0 fully saturated rings. The highest BCUT2D eigenvalue weighted by Gasteiger charge is 2.20. The van der Waals surface area contributed by atoms with Crippen LogP contribution in [0.25, 0.3) is 0 Å². The molecule has 1 amide bonds. The normalized spacial score (nSPS) is 11.1. The molecule has 0 radical (unpaired) electrons. The van der Waals surface area contributed by atoms with Crippen molar-refractivity contribution >= 4 is 33.1 Å². The first-order valence-corrected chi connectivity index (χ1v) is 9.76. The molecule has 0 heterocycles. The maximum absolute atomic E-state index is 13.4. The molecule has 2 aromatic rings. The number of amides is 1. The van der Waals surface area contributed by atoms with Gasteiger partial charge in [0.15, 0.2) is 17.4 Å². The largest absolute Gasteiger partial charge is 0.326 e. The van der Waals surface area contributed by atoms with Gasteiger partial charge in [0.25, 0.3) is 0 Å². The zero-order valence-corrected chi connectivity index (χ0v) is 15.5. The highest BCUT2D eigenvalue weighted by atomic mass is 32.2. The number of hydrogen-bond donors (Lipinski definition) is 1. The van der Waals surface area contributed by atoms with E-state index < -0.39 is 27.6 Å². The van der Waals surface area contributed by atoms with Gasteiger partial charge < -0.3 is 5.32 Å². The van der Waals surface area contributed by atoms with Crippen LogP contribution in [0.4, 0.5) is 20.2 Å². The molecule has 0 saturated carbocycles. The molecule has 1 N–H and O–H groups in total. The zero-order valence-electron chi connectivity index (χ0n) is 14.7. The van der Waals surface area contributed by atoms with Crippen LogP contribution in [0.15, 0.2) is 42.5 Å². The lowest BCUT2D eigenvalue weighted by Gasteiger charge is -2.22. The summed E-state index contributed by atoms with van der Waals surface area (Å²) in [7, 11) is -3.80. The molecule has 0 aliphatic carbocycles. The standard InChI is InChI=1S/C18H18F2N2O4S/c1-12(23)13-3-5-14(6-4-13)21-18(24)9-10-22(27(2,25)26)15-7-8-16(19)17(20)11-15/h3-8,11H,9-10H2,1-2H3,(H,21,24). The van der Waals surface area contributed by atoms with Crippen molar-refractivity contribution in [2.24, 2.45) is 0 Å². The molecule has 0 aromatic heterocycles. The lowest BCUT2D eigenvalue weighted by molar-refractivity contribution is -0.116. The number of hydrogen-bond acceptors (Lipinski definition) is 4. The first-order chi connectivity index (χ1) is 12.6. The number of carbonyl (C=O) groups excluding carboxylic acids is 2. The predicted molar refractivity (Wildman–Crippen MR) is 98.2 cm³/mol. The number of nitrogens with zero attached hydrogens (tertiary/aromatic N) is 1. The van der Waals surface area contributed by atoms with Crippen molar-refractivity contribution in [1.82, 2.24) is 0 Å². The Morgan fingerprint density at radius 2 is 1.67 bits per heavy atom. The smallest absolute Gasteiger partial charge is 0.232 e. The fourth-order valence-electron chi connectivity index (χ4n) is 2.34. The quantitative estimate of drug-likeness (QED) is 0.730. The highest BCUT2D eigenvalue weighted by molar-refractivity contribution is 7.92. The molecule has 0 unspecified atom stereocenters. The minimum atomic E-state index is -3.80. The molecule has 6 nitrogen and oxygen atoms in total. The molecule has 0 bridgehead atoms. The van der Waals surface area contributed by atoms with E-state index in [1.807, 2.05) is 0 Å². The first-order valence-electron chi connectivity index (χ1n) is 7.91. The van der Waals surface area contributed by atoms with Gasteiger partial charge in [0.1, 0.15) is 0 Å². The molecule has 144 valence electrons. The fraction of sp³-hybridized carbons (Fsp3) is 0.222. The molecule has 9 heteroatoms. The SMILES string of the molecule is CC(=O)c1ccc(NC(=O)CCN(c2ccc(F)c(F)c2)S(C)(=O)=O)cc1. The zero-order chi connectivity index (χ0) is 20.2. The number of nitrogens with one attached hydrogen (secondary N) is 1. The Kier molecular flexibility index (Phi) is 6.27. The van der Waals surface area contributed by atoms with Gasteiger partial charge in [0, 0.05) is 30.3 Å². The molecule has 0 spiro atoms. The minimum absolute atomic E-state index is 0.0741. The van der Waals surface area contributed by atoms with E-state index >= 15 is 0 Å². The Balaban J connectivity index is 2.07. The van der Waals surface area contributed by atoms with Gasteiger partial charge in [-0.05, 0) is 43.3 Å². The molecule has 2 rings (SSSR count). The van der Waals surface area contributed by atoms with Gasteiger partial charge >= 0.3 is 0 Å². The molecular formula is C18H18F2N2O4S.